The molecule has 58 valence electrons. The second-order valence-corrected chi connectivity index (χ2v) is 4.01. The van der Waals surface area contributed by atoms with E-state index in [1.807, 2.05) is 0 Å². The van der Waals surface area contributed by atoms with Crippen LogP contribution in [0.2, 0.25) is 0 Å². The molecule has 2 rings (SSSR count). The standard InChI is InChI=1S/C9H17N/c1-7-6-8(2)10-5-3-4-9(7)10/h7-9H,3-6H2,1-2H3/t7-,8+,9?/m0/s1. The monoisotopic (exact) mass is 139 g/mol. The Labute approximate surface area is 63.4 Å². The van der Waals surface area contributed by atoms with Crippen molar-refractivity contribution in [2.45, 2.75) is 45.2 Å². The van der Waals surface area contributed by atoms with Crippen molar-refractivity contribution >= 4 is 0 Å². The van der Waals surface area contributed by atoms with Gasteiger partial charge in [0.05, 0.1) is 0 Å². The van der Waals surface area contributed by atoms with Crippen LogP contribution < -0.4 is 0 Å². The average molecular weight is 139 g/mol. The quantitative estimate of drug-likeness (QED) is 0.495. The van der Waals surface area contributed by atoms with Gasteiger partial charge in [-0.2, -0.15) is 0 Å². The van der Waals surface area contributed by atoms with E-state index in [-0.39, 0.29) is 0 Å². The van der Waals surface area contributed by atoms with E-state index in [0.717, 1.165) is 18.0 Å². The number of fused-ring (bicyclic) bond motifs is 1. The van der Waals surface area contributed by atoms with Crippen molar-refractivity contribution in [1.29, 1.82) is 0 Å². The van der Waals surface area contributed by atoms with Crippen molar-refractivity contribution in [3.05, 3.63) is 0 Å². The maximum Gasteiger partial charge on any atom is 0.0125 e. The van der Waals surface area contributed by atoms with Gasteiger partial charge >= 0.3 is 0 Å². The fourth-order valence-electron chi connectivity index (χ4n) is 2.80. The van der Waals surface area contributed by atoms with Gasteiger partial charge in [-0.05, 0) is 38.6 Å². The molecule has 0 radical (unpaired) electrons. The predicted octanol–water partition coefficient (Wildman–Crippen LogP) is 1.88. The number of hydrogen-bond donors (Lipinski definition) is 0. The minimum Gasteiger partial charge on any atom is -0.297 e. The van der Waals surface area contributed by atoms with Crippen molar-refractivity contribution < 1.29 is 0 Å². The van der Waals surface area contributed by atoms with E-state index in [9.17, 15) is 0 Å². The van der Waals surface area contributed by atoms with Gasteiger partial charge in [0.2, 0.25) is 0 Å². The molecule has 0 aromatic heterocycles. The summed E-state index contributed by atoms with van der Waals surface area (Å²) < 4.78 is 0. The summed E-state index contributed by atoms with van der Waals surface area (Å²) >= 11 is 0. The lowest BCUT2D eigenvalue weighted by atomic mass is 9.99. The van der Waals surface area contributed by atoms with Gasteiger partial charge in [0.25, 0.3) is 0 Å². The maximum atomic E-state index is 2.70. The van der Waals surface area contributed by atoms with E-state index in [2.05, 4.69) is 18.7 Å². The molecule has 10 heavy (non-hydrogen) atoms. The molecule has 0 aromatic rings. The molecule has 1 nitrogen and oxygen atoms in total. The number of rotatable bonds is 0. The lowest BCUT2D eigenvalue weighted by Gasteiger charge is -2.20. The predicted molar refractivity (Wildman–Crippen MR) is 43.0 cm³/mol. The van der Waals surface area contributed by atoms with Crippen molar-refractivity contribution in [2.24, 2.45) is 5.92 Å². The van der Waals surface area contributed by atoms with Gasteiger partial charge in [-0.1, -0.05) is 6.92 Å². The molecule has 0 aliphatic carbocycles. The first-order valence-electron chi connectivity index (χ1n) is 4.55. The molecule has 0 spiro atoms. The summed E-state index contributed by atoms with van der Waals surface area (Å²) in [5.74, 6) is 0.970. The third-order valence-corrected chi connectivity index (χ3v) is 3.28. The molecule has 2 aliphatic rings. The van der Waals surface area contributed by atoms with Gasteiger partial charge in [0.15, 0.2) is 0 Å². The van der Waals surface area contributed by atoms with Gasteiger partial charge in [-0.15, -0.1) is 0 Å². The van der Waals surface area contributed by atoms with E-state index >= 15 is 0 Å². The lowest BCUT2D eigenvalue weighted by Crippen LogP contribution is -2.29. The van der Waals surface area contributed by atoms with E-state index < -0.39 is 0 Å². The van der Waals surface area contributed by atoms with E-state index in [4.69, 9.17) is 0 Å². The highest BCUT2D eigenvalue weighted by Gasteiger charge is 2.38. The zero-order chi connectivity index (χ0) is 7.14. The SMILES string of the molecule is C[C@@H]1C[C@H](C)C2CCCN21. The topological polar surface area (TPSA) is 3.24 Å². The highest BCUT2D eigenvalue weighted by Crippen LogP contribution is 2.36. The Bertz CT molecular complexity index is 119. The molecule has 2 heterocycles. The number of hydrogen-bond acceptors (Lipinski definition) is 1. The van der Waals surface area contributed by atoms with Crippen LogP contribution in [0.15, 0.2) is 0 Å². The summed E-state index contributed by atoms with van der Waals surface area (Å²) in [6, 6.07) is 1.83. The number of nitrogens with zero attached hydrogens (tertiary/aromatic N) is 1. The Hall–Kier alpha value is -0.0400. The van der Waals surface area contributed by atoms with Crippen molar-refractivity contribution in [3.8, 4) is 0 Å². The summed E-state index contributed by atoms with van der Waals surface area (Å²) in [5.41, 5.74) is 0. The molecule has 1 heteroatoms. The zero-order valence-corrected chi connectivity index (χ0v) is 7.01. The third-order valence-electron chi connectivity index (χ3n) is 3.28. The fourth-order valence-corrected chi connectivity index (χ4v) is 2.80. The zero-order valence-electron chi connectivity index (χ0n) is 7.01. The van der Waals surface area contributed by atoms with Crippen LogP contribution >= 0.6 is 0 Å². The van der Waals surface area contributed by atoms with Crippen molar-refractivity contribution in [3.63, 3.8) is 0 Å². The Kier molecular flexibility index (Phi) is 1.48. The van der Waals surface area contributed by atoms with Crippen LogP contribution in [0.1, 0.15) is 33.1 Å². The molecule has 2 fully saturated rings. The van der Waals surface area contributed by atoms with Crippen LogP contribution in [0.4, 0.5) is 0 Å². The average Bonchev–Trinajstić information content (AvgIpc) is 2.39. The molecule has 1 unspecified atom stereocenters. The van der Waals surface area contributed by atoms with Crippen LogP contribution in [0.5, 0.6) is 0 Å². The van der Waals surface area contributed by atoms with E-state index in [1.54, 1.807) is 0 Å². The largest absolute Gasteiger partial charge is 0.297 e. The molecule has 2 aliphatic heterocycles. The molecule has 0 bridgehead atoms. The fraction of sp³-hybridized carbons (Fsp3) is 1.00. The molecular formula is C9H17N. The normalized spacial score (nSPS) is 48.0. The van der Waals surface area contributed by atoms with Gasteiger partial charge < -0.3 is 0 Å². The molecule has 2 saturated heterocycles. The summed E-state index contributed by atoms with van der Waals surface area (Å²) in [5, 5.41) is 0. The Morgan fingerprint density at radius 3 is 2.80 bits per heavy atom. The first-order valence-corrected chi connectivity index (χ1v) is 4.55. The van der Waals surface area contributed by atoms with Crippen LogP contribution in [0.3, 0.4) is 0 Å². The molecular weight excluding hydrogens is 122 g/mol. The molecule has 0 saturated carbocycles. The van der Waals surface area contributed by atoms with E-state index in [1.165, 1.54) is 25.8 Å². The second-order valence-electron chi connectivity index (χ2n) is 4.01. The first kappa shape index (κ1) is 6.66. The minimum atomic E-state index is 0.877. The summed E-state index contributed by atoms with van der Waals surface area (Å²) in [7, 11) is 0. The smallest absolute Gasteiger partial charge is 0.0125 e. The van der Waals surface area contributed by atoms with Crippen LogP contribution in [0.25, 0.3) is 0 Å². The van der Waals surface area contributed by atoms with E-state index in [0.29, 0.717) is 0 Å². The summed E-state index contributed by atoms with van der Waals surface area (Å²) in [6.45, 7) is 6.16. The van der Waals surface area contributed by atoms with Crippen LogP contribution in [-0.2, 0) is 0 Å². The highest BCUT2D eigenvalue weighted by atomic mass is 15.2. The van der Waals surface area contributed by atoms with Gasteiger partial charge in [-0.3, -0.25) is 4.90 Å². The second kappa shape index (κ2) is 2.23. The Morgan fingerprint density at radius 2 is 2.10 bits per heavy atom. The molecule has 0 N–H and O–H groups in total. The lowest BCUT2D eigenvalue weighted by molar-refractivity contribution is 0.248. The summed E-state index contributed by atoms with van der Waals surface area (Å²) in [6.07, 6.45) is 4.34. The third kappa shape index (κ3) is 0.800. The van der Waals surface area contributed by atoms with Crippen molar-refractivity contribution in [1.82, 2.24) is 4.90 Å². The minimum absolute atomic E-state index is 0.877. The van der Waals surface area contributed by atoms with Gasteiger partial charge in [-0.25, -0.2) is 0 Å². The maximum absolute atomic E-state index is 2.70. The Morgan fingerprint density at radius 1 is 1.30 bits per heavy atom. The van der Waals surface area contributed by atoms with Crippen LogP contribution in [-0.4, -0.2) is 23.5 Å². The highest BCUT2D eigenvalue weighted by molar-refractivity contribution is 4.93. The van der Waals surface area contributed by atoms with Crippen LogP contribution in [0, 0.1) is 5.92 Å². The molecule has 0 aromatic carbocycles. The Balaban J connectivity index is 2.11. The molecule has 3 atom stereocenters. The van der Waals surface area contributed by atoms with Gasteiger partial charge in [0.1, 0.15) is 0 Å². The summed E-state index contributed by atoms with van der Waals surface area (Å²) in [4.78, 5) is 2.70. The molecule has 0 amide bonds. The van der Waals surface area contributed by atoms with Gasteiger partial charge in [0, 0.05) is 12.1 Å². The van der Waals surface area contributed by atoms with Crippen molar-refractivity contribution in [2.75, 3.05) is 6.54 Å². The first-order chi connectivity index (χ1) is 4.79.